The fourth-order valence-corrected chi connectivity index (χ4v) is 2.57. The van der Waals surface area contributed by atoms with Crippen LogP contribution in [0, 0.1) is 13.8 Å². The van der Waals surface area contributed by atoms with E-state index in [0.29, 0.717) is 11.5 Å². The van der Waals surface area contributed by atoms with Crippen molar-refractivity contribution in [1.82, 2.24) is 25.5 Å². The third-order valence-electron chi connectivity index (χ3n) is 3.86. The molecule has 3 aromatic rings. The fourth-order valence-electron chi connectivity index (χ4n) is 2.30. The lowest BCUT2D eigenvalue weighted by atomic mass is 10.1. The summed E-state index contributed by atoms with van der Waals surface area (Å²) >= 11 is 3.36. The van der Waals surface area contributed by atoms with Crippen molar-refractivity contribution < 1.29 is 9.59 Å². The molecule has 0 atom stereocenters. The molecular weight excluding hydrogens is 412 g/mol. The molecule has 0 fully saturated rings. The third-order valence-corrected chi connectivity index (χ3v) is 4.39. The van der Waals surface area contributed by atoms with Gasteiger partial charge in [0.1, 0.15) is 6.54 Å². The molecule has 0 aliphatic rings. The van der Waals surface area contributed by atoms with Gasteiger partial charge in [-0.1, -0.05) is 22.0 Å². The number of rotatable bonds is 4. The number of tetrazole rings is 1. The highest BCUT2D eigenvalue weighted by atomic mass is 79.9. The van der Waals surface area contributed by atoms with E-state index in [2.05, 4.69) is 42.0 Å². The van der Waals surface area contributed by atoms with Crippen LogP contribution in [0.3, 0.4) is 0 Å². The second-order valence-corrected chi connectivity index (χ2v) is 6.87. The van der Waals surface area contributed by atoms with Gasteiger partial charge in [0.05, 0.1) is 0 Å². The molecule has 0 spiro atoms. The first-order valence-electron chi connectivity index (χ1n) is 8.12. The Balaban J connectivity index is 1.56. The van der Waals surface area contributed by atoms with Gasteiger partial charge in [0.25, 0.3) is 5.91 Å². The van der Waals surface area contributed by atoms with Crippen molar-refractivity contribution in [3.8, 4) is 11.4 Å². The second kappa shape index (κ2) is 8.09. The lowest BCUT2D eigenvalue weighted by Crippen LogP contribution is -2.37. The van der Waals surface area contributed by atoms with Gasteiger partial charge in [0.15, 0.2) is 0 Å². The molecule has 2 aromatic carbocycles. The van der Waals surface area contributed by atoms with Gasteiger partial charge in [-0.15, -0.1) is 10.2 Å². The molecule has 0 unspecified atom stereocenters. The number of halogens is 1. The van der Waals surface area contributed by atoms with Crippen LogP contribution in [0.5, 0.6) is 0 Å². The third kappa shape index (κ3) is 4.98. The van der Waals surface area contributed by atoms with E-state index >= 15 is 0 Å². The molecule has 1 aromatic heterocycles. The molecule has 3 rings (SSSR count). The molecule has 138 valence electrons. The molecule has 8 nitrogen and oxygen atoms in total. The summed E-state index contributed by atoms with van der Waals surface area (Å²) in [6.07, 6.45) is 0. The summed E-state index contributed by atoms with van der Waals surface area (Å²) < 4.78 is 0.938. The van der Waals surface area contributed by atoms with E-state index in [1.807, 2.05) is 50.2 Å². The van der Waals surface area contributed by atoms with Crippen molar-refractivity contribution in [2.45, 2.75) is 20.4 Å². The Bertz CT molecular complexity index is 984. The minimum Gasteiger partial charge on any atom is -0.308 e. The van der Waals surface area contributed by atoms with Gasteiger partial charge in [0, 0.05) is 15.7 Å². The largest absolute Gasteiger partial charge is 0.325 e. The quantitative estimate of drug-likeness (QED) is 0.664. The highest BCUT2D eigenvalue weighted by Crippen LogP contribution is 2.17. The number of hydrogen-bond donors (Lipinski definition) is 2. The zero-order valence-electron chi connectivity index (χ0n) is 14.7. The number of aromatic nitrogens is 4. The lowest BCUT2D eigenvalue weighted by Gasteiger charge is -2.08. The van der Waals surface area contributed by atoms with E-state index in [1.54, 1.807) is 6.07 Å². The number of benzene rings is 2. The van der Waals surface area contributed by atoms with Gasteiger partial charge in [-0.2, -0.15) is 4.80 Å². The highest BCUT2D eigenvalue weighted by molar-refractivity contribution is 9.10. The first kappa shape index (κ1) is 18.7. The molecular formula is C18H17BrN6O2. The molecule has 0 saturated carbocycles. The Morgan fingerprint density at radius 2 is 1.81 bits per heavy atom. The van der Waals surface area contributed by atoms with Crippen LogP contribution in [0.25, 0.3) is 11.4 Å². The molecule has 1 heterocycles. The molecule has 0 saturated heterocycles. The van der Waals surface area contributed by atoms with Crippen molar-refractivity contribution in [3.63, 3.8) is 0 Å². The summed E-state index contributed by atoms with van der Waals surface area (Å²) in [5.41, 5.74) is 3.56. The van der Waals surface area contributed by atoms with E-state index in [0.717, 1.165) is 26.0 Å². The number of imide groups is 1. The molecule has 0 bridgehead atoms. The zero-order chi connectivity index (χ0) is 19.4. The summed E-state index contributed by atoms with van der Waals surface area (Å²) in [6.45, 7) is 3.71. The number of anilines is 1. The Hall–Kier alpha value is -3.07. The second-order valence-electron chi connectivity index (χ2n) is 5.95. The van der Waals surface area contributed by atoms with E-state index < -0.39 is 11.9 Å². The van der Waals surface area contributed by atoms with Crippen LogP contribution in [-0.2, 0) is 11.3 Å². The van der Waals surface area contributed by atoms with Crippen LogP contribution in [-0.4, -0.2) is 32.1 Å². The zero-order valence-corrected chi connectivity index (χ0v) is 16.3. The van der Waals surface area contributed by atoms with Gasteiger partial charge in [-0.3, -0.25) is 10.1 Å². The Kier molecular flexibility index (Phi) is 5.60. The monoisotopic (exact) mass is 428 g/mol. The number of aryl methyl sites for hydroxylation is 2. The standard InChI is InChI=1S/C18H17BrN6O2/c1-11-3-8-15(9-12(11)2)20-18(27)21-16(26)10-25-23-17(22-24-25)13-4-6-14(19)7-5-13/h3-9H,10H2,1-2H3,(H2,20,21,26,27). The van der Waals surface area contributed by atoms with Crippen LogP contribution in [0.15, 0.2) is 46.9 Å². The minimum absolute atomic E-state index is 0.218. The summed E-state index contributed by atoms with van der Waals surface area (Å²) in [5, 5.41) is 16.8. The van der Waals surface area contributed by atoms with Crippen LogP contribution >= 0.6 is 15.9 Å². The van der Waals surface area contributed by atoms with Gasteiger partial charge >= 0.3 is 6.03 Å². The smallest absolute Gasteiger partial charge is 0.308 e. The number of nitrogens with one attached hydrogen (secondary N) is 2. The van der Waals surface area contributed by atoms with Crippen molar-refractivity contribution in [2.24, 2.45) is 0 Å². The molecule has 27 heavy (non-hydrogen) atoms. The molecule has 0 aliphatic carbocycles. The maximum absolute atomic E-state index is 12.0. The van der Waals surface area contributed by atoms with Gasteiger partial charge in [-0.25, -0.2) is 4.79 Å². The van der Waals surface area contributed by atoms with Gasteiger partial charge in [0.2, 0.25) is 5.82 Å². The Labute approximate surface area is 164 Å². The molecule has 0 aliphatic heterocycles. The predicted molar refractivity (Wildman–Crippen MR) is 104 cm³/mol. The van der Waals surface area contributed by atoms with Crippen molar-refractivity contribution in [1.29, 1.82) is 0 Å². The Morgan fingerprint density at radius 3 is 2.52 bits per heavy atom. The minimum atomic E-state index is -0.614. The number of hydrogen-bond acceptors (Lipinski definition) is 5. The average molecular weight is 429 g/mol. The molecule has 2 N–H and O–H groups in total. The summed E-state index contributed by atoms with van der Waals surface area (Å²) in [6, 6.07) is 12.3. The van der Waals surface area contributed by atoms with Crippen LogP contribution in [0.2, 0.25) is 0 Å². The summed E-state index contributed by atoms with van der Waals surface area (Å²) in [7, 11) is 0. The molecule has 9 heteroatoms. The van der Waals surface area contributed by atoms with Gasteiger partial charge in [-0.05, 0) is 66.6 Å². The normalized spacial score (nSPS) is 10.5. The van der Waals surface area contributed by atoms with Crippen molar-refractivity contribution in [2.75, 3.05) is 5.32 Å². The fraction of sp³-hybridized carbons (Fsp3) is 0.167. The molecule has 3 amide bonds. The number of carbonyl (C=O) groups excluding carboxylic acids is 2. The van der Waals surface area contributed by atoms with E-state index in [9.17, 15) is 9.59 Å². The highest BCUT2D eigenvalue weighted by Gasteiger charge is 2.12. The van der Waals surface area contributed by atoms with Crippen LogP contribution in [0.4, 0.5) is 10.5 Å². The number of nitrogens with zero attached hydrogens (tertiary/aromatic N) is 4. The van der Waals surface area contributed by atoms with E-state index in [-0.39, 0.29) is 6.54 Å². The van der Waals surface area contributed by atoms with E-state index in [4.69, 9.17) is 0 Å². The lowest BCUT2D eigenvalue weighted by molar-refractivity contribution is -0.120. The maximum atomic E-state index is 12.0. The SMILES string of the molecule is Cc1ccc(NC(=O)NC(=O)Cn2nnc(-c3ccc(Br)cc3)n2)cc1C. The first-order chi connectivity index (χ1) is 12.9. The maximum Gasteiger partial charge on any atom is 0.325 e. The first-order valence-corrected chi connectivity index (χ1v) is 8.92. The summed E-state index contributed by atoms with van der Waals surface area (Å²) in [5.74, 6) is -0.147. The topological polar surface area (TPSA) is 102 Å². The predicted octanol–water partition coefficient (Wildman–Crippen LogP) is 3.07. The van der Waals surface area contributed by atoms with Crippen molar-refractivity contribution >= 4 is 33.6 Å². The average Bonchev–Trinajstić information content (AvgIpc) is 3.07. The number of carbonyl (C=O) groups is 2. The molecule has 0 radical (unpaired) electrons. The van der Waals surface area contributed by atoms with Crippen molar-refractivity contribution in [3.05, 3.63) is 58.1 Å². The number of amides is 3. The summed E-state index contributed by atoms with van der Waals surface area (Å²) in [4.78, 5) is 25.1. The van der Waals surface area contributed by atoms with Crippen LogP contribution in [0.1, 0.15) is 11.1 Å². The van der Waals surface area contributed by atoms with Gasteiger partial charge < -0.3 is 5.32 Å². The van der Waals surface area contributed by atoms with Crippen LogP contribution < -0.4 is 10.6 Å². The Morgan fingerprint density at radius 1 is 1.07 bits per heavy atom. The number of urea groups is 1. The van der Waals surface area contributed by atoms with E-state index in [1.165, 1.54) is 0 Å².